The van der Waals surface area contributed by atoms with Crippen molar-refractivity contribution in [3.05, 3.63) is 58.9 Å². The Morgan fingerprint density at radius 2 is 1.79 bits per heavy atom. The first-order chi connectivity index (χ1) is 11.4. The number of nitrogens with one attached hydrogen (secondary N) is 1. The lowest BCUT2D eigenvalue weighted by Gasteiger charge is -2.03. The van der Waals surface area contributed by atoms with E-state index in [1.165, 1.54) is 26.1 Å². The number of carbonyl (C=O) groups is 2. The number of carbonyl (C=O) groups excluding carboxylic acids is 2. The lowest BCUT2D eigenvalue weighted by molar-refractivity contribution is 0.0963. The second-order valence-corrected chi connectivity index (χ2v) is 5.61. The predicted molar refractivity (Wildman–Crippen MR) is 89.7 cm³/mol. The molecule has 0 saturated heterocycles. The van der Waals surface area contributed by atoms with E-state index in [0.717, 1.165) is 5.56 Å². The fourth-order valence-corrected chi connectivity index (χ4v) is 2.79. The van der Waals surface area contributed by atoms with Crippen molar-refractivity contribution in [2.75, 3.05) is 7.05 Å². The summed E-state index contributed by atoms with van der Waals surface area (Å²) in [5.74, 6) is -0.394. The molecule has 2 aromatic carbocycles. The van der Waals surface area contributed by atoms with Crippen molar-refractivity contribution in [1.82, 2.24) is 5.32 Å². The van der Waals surface area contributed by atoms with Gasteiger partial charge in [0.05, 0.1) is 5.56 Å². The Bertz CT molecular complexity index is 955. The van der Waals surface area contributed by atoms with Gasteiger partial charge in [0.25, 0.3) is 5.91 Å². The van der Waals surface area contributed by atoms with Gasteiger partial charge in [0, 0.05) is 23.6 Å². The van der Waals surface area contributed by atoms with Gasteiger partial charge in [-0.3, -0.25) is 9.59 Å². The summed E-state index contributed by atoms with van der Waals surface area (Å²) in [6.45, 7) is 3.30. The lowest BCUT2D eigenvalue weighted by Crippen LogP contribution is -2.18. The van der Waals surface area contributed by atoms with Crippen LogP contribution in [0.3, 0.4) is 0 Å². The number of hydrogen-bond acceptors (Lipinski definition) is 3. The highest BCUT2D eigenvalue weighted by Crippen LogP contribution is 2.35. The third-order valence-corrected chi connectivity index (χ3v) is 3.97. The molecule has 1 amide bonds. The van der Waals surface area contributed by atoms with Crippen LogP contribution in [0.4, 0.5) is 4.39 Å². The minimum absolute atomic E-state index is 0.0735. The van der Waals surface area contributed by atoms with Gasteiger partial charge in [0.15, 0.2) is 5.78 Å². The van der Waals surface area contributed by atoms with Crippen molar-refractivity contribution >= 4 is 22.7 Å². The number of fused-ring (bicyclic) bond motifs is 1. The largest absolute Gasteiger partial charge is 0.455 e. The van der Waals surface area contributed by atoms with E-state index >= 15 is 0 Å². The van der Waals surface area contributed by atoms with Crippen molar-refractivity contribution in [1.29, 1.82) is 0 Å². The topological polar surface area (TPSA) is 59.3 Å². The molecule has 0 spiro atoms. The van der Waals surface area contributed by atoms with Crippen LogP contribution >= 0.6 is 0 Å². The van der Waals surface area contributed by atoms with E-state index in [1.807, 2.05) is 6.92 Å². The molecule has 0 unspecified atom stereocenters. The normalized spacial score (nSPS) is 10.8. The molecular weight excluding hydrogens is 309 g/mol. The number of Topliss-reactive ketones (excluding diaryl/α,β-unsaturated/α-hetero) is 1. The molecule has 3 aromatic rings. The molecule has 0 atom stereocenters. The molecule has 0 aliphatic carbocycles. The van der Waals surface area contributed by atoms with Gasteiger partial charge in [-0.15, -0.1) is 0 Å². The second-order valence-electron chi connectivity index (χ2n) is 5.61. The van der Waals surface area contributed by atoms with Gasteiger partial charge < -0.3 is 9.73 Å². The summed E-state index contributed by atoms with van der Waals surface area (Å²) in [4.78, 5) is 24.1. The first-order valence-corrected chi connectivity index (χ1v) is 7.48. The van der Waals surface area contributed by atoms with Gasteiger partial charge in [-0.2, -0.15) is 0 Å². The molecule has 4 nitrogen and oxygen atoms in total. The number of furan rings is 1. The number of halogens is 1. The summed E-state index contributed by atoms with van der Waals surface area (Å²) in [6.07, 6.45) is 0. The lowest BCUT2D eigenvalue weighted by atomic mass is 9.99. The Balaban J connectivity index is 2.33. The maximum atomic E-state index is 13.2. The van der Waals surface area contributed by atoms with Gasteiger partial charge in [-0.25, -0.2) is 4.39 Å². The van der Waals surface area contributed by atoms with Crippen LogP contribution in [0.25, 0.3) is 22.3 Å². The Kier molecular flexibility index (Phi) is 3.93. The molecule has 1 aromatic heterocycles. The quantitative estimate of drug-likeness (QED) is 0.737. The highest BCUT2D eigenvalue weighted by molar-refractivity contribution is 6.12. The minimum atomic E-state index is -0.369. The standard InChI is InChI=1S/C19H16FNO3/c1-10-8-15-16(9-14(10)11(2)22)24-18(17(15)19(23)21-3)12-4-6-13(20)7-5-12/h4-9H,1-3H3,(H,21,23). The van der Waals surface area contributed by atoms with Crippen LogP contribution in [0.15, 0.2) is 40.8 Å². The smallest absolute Gasteiger partial charge is 0.255 e. The molecule has 0 saturated carbocycles. The summed E-state index contributed by atoms with van der Waals surface area (Å²) < 4.78 is 19.0. The van der Waals surface area contributed by atoms with Gasteiger partial charge in [0.2, 0.25) is 0 Å². The molecule has 1 heterocycles. The summed E-state index contributed by atoms with van der Waals surface area (Å²) in [5, 5.41) is 3.22. The molecule has 0 bridgehead atoms. The van der Waals surface area contributed by atoms with Crippen LogP contribution in [0.1, 0.15) is 33.2 Å². The number of amides is 1. The number of hydrogen-bond donors (Lipinski definition) is 1. The zero-order chi connectivity index (χ0) is 17.4. The SMILES string of the molecule is CNC(=O)c1c(-c2ccc(F)cc2)oc2cc(C(C)=O)c(C)cc12. The number of benzene rings is 2. The fraction of sp³-hybridized carbons (Fsp3) is 0.158. The molecule has 24 heavy (non-hydrogen) atoms. The van der Waals surface area contributed by atoms with Crippen molar-refractivity contribution in [3.63, 3.8) is 0 Å². The first-order valence-electron chi connectivity index (χ1n) is 7.48. The molecule has 0 fully saturated rings. The minimum Gasteiger partial charge on any atom is -0.455 e. The molecule has 0 aliphatic heterocycles. The Morgan fingerprint density at radius 3 is 2.38 bits per heavy atom. The maximum absolute atomic E-state index is 13.2. The van der Waals surface area contributed by atoms with E-state index in [4.69, 9.17) is 4.42 Å². The molecule has 0 radical (unpaired) electrons. The van der Waals surface area contributed by atoms with Crippen LogP contribution in [0, 0.1) is 12.7 Å². The summed E-state index contributed by atoms with van der Waals surface area (Å²) in [6, 6.07) is 9.14. The fourth-order valence-electron chi connectivity index (χ4n) is 2.79. The number of aryl methyl sites for hydroxylation is 1. The molecule has 1 N–H and O–H groups in total. The Hall–Kier alpha value is -2.95. The van der Waals surface area contributed by atoms with Crippen molar-refractivity contribution in [2.45, 2.75) is 13.8 Å². The second kappa shape index (κ2) is 5.92. The third-order valence-electron chi connectivity index (χ3n) is 3.97. The zero-order valence-electron chi connectivity index (χ0n) is 13.6. The summed E-state index contributed by atoms with van der Waals surface area (Å²) >= 11 is 0. The molecule has 0 aliphatic rings. The van der Waals surface area contributed by atoms with Crippen LogP contribution in [0.5, 0.6) is 0 Å². The number of rotatable bonds is 3. The predicted octanol–water partition coefficient (Wildman–Crippen LogP) is 4.11. The zero-order valence-corrected chi connectivity index (χ0v) is 13.6. The van der Waals surface area contributed by atoms with Gasteiger partial charge in [-0.05, 0) is 55.8 Å². The van der Waals surface area contributed by atoms with Gasteiger partial charge >= 0.3 is 0 Å². The summed E-state index contributed by atoms with van der Waals surface area (Å²) in [7, 11) is 1.53. The molecule has 3 rings (SSSR count). The van der Waals surface area contributed by atoms with E-state index in [-0.39, 0.29) is 17.5 Å². The highest BCUT2D eigenvalue weighted by atomic mass is 19.1. The molecular formula is C19H16FNO3. The van der Waals surface area contributed by atoms with Crippen LogP contribution in [0.2, 0.25) is 0 Å². The Labute approximate surface area is 138 Å². The van der Waals surface area contributed by atoms with Crippen molar-refractivity contribution < 1.29 is 18.4 Å². The monoisotopic (exact) mass is 325 g/mol. The molecule has 122 valence electrons. The van der Waals surface area contributed by atoms with E-state index in [2.05, 4.69) is 5.32 Å². The average molecular weight is 325 g/mol. The van der Waals surface area contributed by atoms with E-state index in [9.17, 15) is 14.0 Å². The van der Waals surface area contributed by atoms with Crippen LogP contribution in [-0.4, -0.2) is 18.7 Å². The maximum Gasteiger partial charge on any atom is 0.255 e. The average Bonchev–Trinajstić information content (AvgIpc) is 2.92. The summed E-state index contributed by atoms with van der Waals surface area (Å²) in [5.41, 5.74) is 2.73. The van der Waals surface area contributed by atoms with E-state index in [0.29, 0.717) is 33.4 Å². The van der Waals surface area contributed by atoms with Gasteiger partial charge in [-0.1, -0.05) is 0 Å². The highest BCUT2D eigenvalue weighted by Gasteiger charge is 2.23. The van der Waals surface area contributed by atoms with E-state index in [1.54, 1.807) is 24.3 Å². The third kappa shape index (κ3) is 2.58. The van der Waals surface area contributed by atoms with Crippen molar-refractivity contribution in [3.8, 4) is 11.3 Å². The molecule has 5 heteroatoms. The van der Waals surface area contributed by atoms with Crippen LogP contribution in [-0.2, 0) is 0 Å². The van der Waals surface area contributed by atoms with E-state index < -0.39 is 0 Å². The number of ketones is 1. The van der Waals surface area contributed by atoms with Gasteiger partial charge in [0.1, 0.15) is 17.2 Å². The first kappa shape index (κ1) is 15.9. The Morgan fingerprint density at radius 1 is 1.12 bits per heavy atom. The van der Waals surface area contributed by atoms with Crippen LogP contribution < -0.4 is 5.32 Å². The van der Waals surface area contributed by atoms with Crippen molar-refractivity contribution in [2.24, 2.45) is 0 Å².